The van der Waals surface area contributed by atoms with Crippen molar-refractivity contribution in [2.45, 2.75) is 51.6 Å². The summed E-state index contributed by atoms with van der Waals surface area (Å²) in [4.78, 5) is 16.8. The number of rotatable bonds is 7. The van der Waals surface area contributed by atoms with E-state index in [2.05, 4.69) is 34.5 Å². The zero-order valence-electron chi connectivity index (χ0n) is 16.5. The second kappa shape index (κ2) is 9.49. The summed E-state index contributed by atoms with van der Waals surface area (Å²) < 4.78 is 5.36. The van der Waals surface area contributed by atoms with Crippen molar-refractivity contribution in [3.8, 4) is 0 Å². The van der Waals surface area contributed by atoms with Gasteiger partial charge in [-0.05, 0) is 56.4 Å². The van der Waals surface area contributed by atoms with E-state index in [0.29, 0.717) is 6.54 Å². The van der Waals surface area contributed by atoms with Crippen LogP contribution in [0.25, 0.3) is 0 Å². The largest absolute Gasteiger partial charge is 0.469 e. The van der Waals surface area contributed by atoms with Gasteiger partial charge in [0.2, 0.25) is 0 Å². The zero-order chi connectivity index (χ0) is 19.1. The SMILES string of the molecule is CC(CCc1ccco1)NC(=O)N(C)Cc1ccccc1N1CCCCC1. The molecule has 2 aromatic rings. The highest BCUT2D eigenvalue weighted by atomic mass is 16.3. The van der Waals surface area contributed by atoms with Crippen molar-refractivity contribution in [1.29, 1.82) is 0 Å². The Balaban J connectivity index is 1.53. The number of benzene rings is 1. The third-order valence-corrected chi connectivity index (χ3v) is 5.22. The summed E-state index contributed by atoms with van der Waals surface area (Å²) in [6, 6.07) is 12.4. The van der Waals surface area contributed by atoms with Crippen LogP contribution in [0.4, 0.5) is 10.5 Å². The fourth-order valence-electron chi connectivity index (χ4n) is 3.62. The lowest BCUT2D eigenvalue weighted by Gasteiger charge is -2.31. The van der Waals surface area contributed by atoms with Crippen LogP contribution in [0.1, 0.15) is 43.9 Å². The van der Waals surface area contributed by atoms with E-state index in [-0.39, 0.29) is 12.1 Å². The summed E-state index contributed by atoms with van der Waals surface area (Å²) in [7, 11) is 1.86. The Hall–Kier alpha value is -2.43. The van der Waals surface area contributed by atoms with Crippen LogP contribution in [0.3, 0.4) is 0 Å². The van der Waals surface area contributed by atoms with Crippen molar-refractivity contribution in [3.63, 3.8) is 0 Å². The molecule has 5 heteroatoms. The molecule has 1 aliphatic heterocycles. The van der Waals surface area contributed by atoms with Crippen molar-refractivity contribution in [2.75, 3.05) is 25.0 Å². The van der Waals surface area contributed by atoms with Gasteiger partial charge in [0.25, 0.3) is 0 Å². The predicted octanol–water partition coefficient (Wildman–Crippen LogP) is 4.43. The number of nitrogens with zero attached hydrogens (tertiary/aromatic N) is 2. The van der Waals surface area contributed by atoms with Gasteiger partial charge in [-0.2, -0.15) is 0 Å². The minimum atomic E-state index is -0.0320. The Bertz CT molecular complexity index is 708. The maximum absolute atomic E-state index is 12.6. The van der Waals surface area contributed by atoms with Gasteiger partial charge >= 0.3 is 6.03 Å². The summed E-state index contributed by atoms with van der Waals surface area (Å²) in [6.45, 7) is 4.87. The molecule has 2 heterocycles. The van der Waals surface area contributed by atoms with Gasteiger partial charge in [-0.1, -0.05) is 18.2 Å². The van der Waals surface area contributed by atoms with Crippen molar-refractivity contribution in [1.82, 2.24) is 10.2 Å². The third-order valence-electron chi connectivity index (χ3n) is 5.22. The molecule has 1 unspecified atom stereocenters. The smallest absolute Gasteiger partial charge is 0.317 e. The number of aryl methyl sites for hydroxylation is 1. The molecule has 3 rings (SSSR count). The number of para-hydroxylation sites is 1. The maximum atomic E-state index is 12.6. The van der Waals surface area contributed by atoms with Gasteiger partial charge in [0.15, 0.2) is 0 Å². The molecule has 27 heavy (non-hydrogen) atoms. The average molecular weight is 370 g/mol. The normalized spacial score (nSPS) is 15.4. The molecule has 1 aromatic carbocycles. The average Bonchev–Trinajstić information content (AvgIpc) is 3.21. The number of anilines is 1. The molecule has 0 saturated carbocycles. The first-order chi connectivity index (χ1) is 13.1. The number of nitrogens with one attached hydrogen (secondary N) is 1. The number of piperidine rings is 1. The van der Waals surface area contributed by atoms with Gasteiger partial charge in [0.1, 0.15) is 5.76 Å². The first-order valence-electron chi connectivity index (χ1n) is 10.0. The van der Waals surface area contributed by atoms with Crippen LogP contribution in [0.15, 0.2) is 47.1 Å². The van der Waals surface area contributed by atoms with Crippen LogP contribution in [0.2, 0.25) is 0 Å². The number of amides is 2. The number of hydrogen-bond donors (Lipinski definition) is 1. The van der Waals surface area contributed by atoms with E-state index in [4.69, 9.17) is 4.42 Å². The monoisotopic (exact) mass is 369 g/mol. The number of carbonyl (C=O) groups excluding carboxylic acids is 1. The molecule has 1 N–H and O–H groups in total. The Morgan fingerprint density at radius 2 is 1.96 bits per heavy atom. The standard InChI is InChI=1S/C22H31N3O2/c1-18(12-13-20-10-8-16-27-20)23-22(26)24(2)17-19-9-4-5-11-21(19)25-14-6-3-7-15-25/h4-5,8-11,16,18H,3,6-7,12-15,17H2,1-2H3,(H,23,26). The predicted molar refractivity (Wildman–Crippen MR) is 109 cm³/mol. The van der Waals surface area contributed by atoms with E-state index in [1.165, 1.54) is 30.5 Å². The molecule has 0 spiro atoms. The molecular weight excluding hydrogens is 338 g/mol. The molecule has 2 amide bonds. The van der Waals surface area contributed by atoms with Crippen molar-refractivity contribution in [3.05, 3.63) is 54.0 Å². The highest BCUT2D eigenvalue weighted by Gasteiger charge is 2.17. The Morgan fingerprint density at radius 3 is 2.70 bits per heavy atom. The Morgan fingerprint density at radius 1 is 1.19 bits per heavy atom. The van der Waals surface area contributed by atoms with Crippen LogP contribution >= 0.6 is 0 Å². The van der Waals surface area contributed by atoms with Crippen LogP contribution in [0.5, 0.6) is 0 Å². The first kappa shape index (κ1) is 19.3. The van der Waals surface area contributed by atoms with E-state index < -0.39 is 0 Å². The lowest BCUT2D eigenvalue weighted by molar-refractivity contribution is 0.202. The second-order valence-electron chi connectivity index (χ2n) is 7.50. The number of carbonyl (C=O) groups is 1. The van der Waals surface area contributed by atoms with E-state index in [9.17, 15) is 4.79 Å². The molecule has 1 saturated heterocycles. The van der Waals surface area contributed by atoms with Crippen LogP contribution < -0.4 is 10.2 Å². The fraction of sp³-hybridized carbons (Fsp3) is 0.500. The van der Waals surface area contributed by atoms with Gasteiger partial charge in [0.05, 0.1) is 6.26 Å². The van der Waals surface area contributed by atoms with Crippen molar-refractivity contribution < 1.29 is 9.21 Å². The molecule has 0 bridgehead atoms. The highest BCUT2D eigenvalue weighted by Crippen LogP contribution is 2.25. The third kappa shape index (κ3) is 5.52. The summed E-state index contributed by atoms with van der Waals surface area (Å²) in [5, 5.41) is 3.09. The van der Waals surface area contributed by atoms with Gasteiger partial charge in [-0.25, -0.2) is 4.79 Å². The topological polar surface area (TPSA) is 48.7 Å². The Kier molecular flexibility index (Phi) is 6.80. The van der Waals surface area contributed by atoms with Gasteiger partial charge in [0, 0.05) is 44.8 Å². The number of urea groups is 1. The molecule has 0 radical (unpaired) electrons. The maximum Gasteiger partial charge on any atom is 0.317 e. The second-order valence-corrected chi connectivity index (χ2v) is 7.50. The minimum Gasteiger partial charge on any atom is -0.469 e. The van der Waals surface area contributed by atoms with Crippen molar-refractivity contribution >= 4 is 11.7 Å². The van der Waals surface area contributed by atoms with Crippen LogP contribution in [-0.2, 0) is 13.0 Å². The van der Waals surface area contributed by atoms with E-state index in [1.54, 1.807) is 11.2 Å². The molecule has 5 nitrogen and oxygen atoms in total. The summed E-state index contributed by atoms with van der Waals surface area (Å²) in [5.74, 6) is 0.958. The highest BCUT2D eigenvalue weighted by molar-refractivity contribution is 5.74. The summed E-state index contributed by atoms with van der Waals surface area (Å²) in [6.07, 6.45) is 7.19. The van der Waals surface area contributed by atoms with E-state index >= 15 is 0 Å². The molecule has 1 atom stereocenters. The lowest BCUT2D eigenvalue weighted by Crippen LogP contribution is -2.42. The molecule has 1 aliphatic rings. The summed E-state index contributed by atoms with van der Waals surface area (Å²) in [5.41, 5.74) is 2.48. The van der Waals surface area contributed by atoms with E-state index in [0.717, 1.165) is 31.7 Å². The van der Waals surface area contributed by atoms with Crippen LogP contribution in [-0.4, -0.2) is 37.1 Å². The molecule has 146 valence electrons. The number of furan rings is 1. The van der Waals surface area contributed by atoms with Gasteiger partial charge < -0.3 is 19.5 Å². The fourth-order valence-corrected chi connectivity index (χ4v) is 3.62. The molecule has 0 aliphatic carbocycles. The van der Waals surface area contributed by atoms with Gasteiger partial charge in [-0.15, -0.1) is 0 Å². The van der Waals surface area contributed by atoms with Gasteiger partial charge in [-0.3, -0.25) is 0 Å². The van der Waals surface area contributed by atoms with Crippen LogP contribution in [0, 0.1) is 0 Å². The number of hydrogen-bond acceptors (Lipinski definition) is 3. The lowest BCUT2D eigenvalue weighted by atomic mass is 10.1. The molecule has 1 aromatic heterocycles. The zero-order valence-corrected chi connectivity index (χ0v) is 16.5. The summed E-state index contributed by atoms with van der Waals surface area (Å²) >= 11 is 0. The Labute approximate surface area is 162 Å². The van der Waals surface area contributed by atoms with Crippen molar-refractivity contribution in [2.24, 2.45) is 0 Å². The minimum absolute atomic E-state index is 0.0320. The first-order valence-corrected chi connectivity index (χ1v) is 10.0. The molecular formula is C22H31N3O2. The quantitative estimate of drug-likeness (QED) is 0.785. The molecule has 1 fully saturated rings. The van der Waals surface area contributed by atoms with E-state index in [1.807, 2.05) is 26.1 Å².